The zero-order valence-electron chi connectivity index (χ0n) is 39.7. The Hall–Kier alpha value is -1.31. The largest absolute Gasteiger partial charge is 0.466 e. The van der Waals surface area contributed by atoms with Gasteiger partial charge in [-0.15, -0.1) is 0 Å². The third-order valence-corrected chi connectivity index (χ3v) is 11.1. The lowest BCUT2D eigenvalue weighted by Gasteiger charge is -2.16. The Labute approximate surface area is 356 Å². The lowest BCUT2D eigenvalue weighted by molar-refractivity contribution is -0.145. The maximum absolute atomic E-state index is 12.3. The Morgan fingerprint density at radius 3 is 1.25 bits per heavy atom. The van der Waals surface area contributed by atoms with Crippen molar-refractivity contribution in [3.63, 3.8) is 0 Å². The SMILES string of the molecule is CCCCCC(CC=O)CCCCC.CCCCCC(CCCCC)CC(=O)OCCCCCCCCC(C=O)CCCCCCCCOC.COCCN(C)C. The van der Waals surface area contributed by atoms with Crippen LogP contribution < -0.4 is 0 Å². The Morgan fingerprint density at radius 1 is 0.491 bits per heavy atom. The number of rotatable bonds is 42. The van der Waals surface area contributed by atoms with E-state index in [-0.39, 0.29) is 11.9 Å². The van der Waals surface area contributed by atoms with Crippen LogP contribution in [0.15, 0.2) is 0 Å². The molecule has 0 aliphatic carbocycles. The van der Waals surface area contributed by atoms with Crippen molar-refractivity contribution in [3.8, 4) is 0 Å². The minimum absolute atomic E-state index is 0.0130. The average Bonchev–Trinajstić information content (AvgIpc) is 3.20. The molecule has 1 atom stereocenters. The fourth-order valence-electron chi connectivity index (χ4n) is 7.21. The van der Waals surface area contributed by atoms with Crippen molar-refractivity contribution in [3.05, 3.63) is 0 Å². The summed E-state index contributed by atoms with van der Waals surface area (Å²) in [5.41, 5.74) is 0. The molecule has 1 unspecified atom stereocenters. The van der Waals surface area contributed by atoms with Crippen LogP contribution in [0, 0.1) is 17.8 Å². The van der Waals surface area contributed by atoms with Crippen LogP contribution in [0.4, 0.5) is 0 Å². The number of ether oxygens (including phenoxy) is 3. The lowest BCUT2D eigenvalue weighted by atomic mass is 9.92. The van der Waals surface area contributed by atoms with Crippen molar-refractivity contribution in [2.75, 3.05) is 54.7 Å². The molecule has 0 aromatic carbocycles. The molecule has 342 valence electrons. The van der Waals surface area contributed by atoms with Crippen LogP contribution in [0.25, 0.3) is 0 Å². The zero-order valence-corrected chi connectivity index (χ0v) is 39.7. The third kappa shape index (κ3) is 52.7. The zero-order chi connectivity index (χ0) is 42.9. The summed E-state index contributed by atoms with van der Waals surface area (Å²) in [5, 5.41) is 0. The molecule has 0 aliphatic rings. The standard InChI is InChI=1S/C32H62O4.C13H26O.C5H13NO/c1-4-6-16-22-30(23-17-7-5-2)28-32(34)36-27-21-15-11-9-13-19-25-31(29-33)24-18-12-8-10-14-20-26-35-3;1-3-5-7-9-13(11-12-14)10-8-6-4-2;1-6(2)4-5-7-3/h29-31H,4-28H2,1-3H3;12-13H,3-11H2,1-2H3;4-5H2,1-3H3. The van der Waals surface area contributed by atoms with Crippen molar-refractivity contribution in [2.24, 2.45) is 17.8 Å². The molecule has 57 heavy (non-hydrogen) atoms. The van der Waals surface area contributed by atoms with Gasteiger partial charge in [0, 0.05) is 46.1 Å². The van der Waals surface area contributed by atoms with Crippen LogP contribution in [-0.4, -0.2) is 78.1 Å². The quantitative estimate of drug-likeness (QED) is 0.0345. The molecule has 0 heterocycles. The average molecular weight is 812 g/mol. The maximum Gasteiger partial charge on any atom is 0.306 e. The van der Waals surface area contributed by atoms with Crippen LogP contribution in [0.1, 0.15) is 233 Å². The van der Waals surface area contributed by atoms with E-state index in [1.54, 1.807) is 14.2 Å². The van der Waals surface area contributed by atoms with Gasteiger partial charge in [0.2, 0.25) is 0 Å². The van der Waals surface area contributed by atoms with Crippen molar-refractivity contribution in [1.82, 2.24) is 4.90 Å². The highest BCUT2D eigenvalue weighted by Crippen LogP contribution is 2.23. The lowest BCUT2D eigenvalue weighted by Crippen LogP contribution is -2.16. The number of esters is 1. The number of unbranched alkanes of at least 4 members (excludes halogenated alkanes) is 18. The predicted molar refractivity (Wildman–Crippen MR) is 246 cm³/mol. The first-order chi connectivity index (χ1) is 27.8. The first kappa shape index (κ1) is 60.0. The smallest absolute Gasteiger partial charge is 0.306 e. The number of hydrogen-bond acceptors (Lipinski definition) is 7. The summed E-state index contributed by atoms with van der Waals surface area (Å²) in [4.78, 5) is 36.2. The molecule has 7 nitrogen and oxygen atoms in total. The van der Waals surface area contributed by atoms with E-state index >= 15 is 0 Å². The van der Waals surface area contributed by atoms with Crippen molar-refractivity contribution in [1.29, 1.82) is 0 Å². The number of carbonyl (C=O) groups excluding carboxylic acids is 3. The second-order valence-electron chi connectivity index (χ2n) is 17.0. The topological polar surface area (TPSA) is 82.1 Å². The Kier molecular flexibility index (Phi) is 55.5. The van der Waals surface area contributed by atoms with E-state index in [1.165, 1.54) is 160 Å². The normalized spacial score (nSPS) is 11.6. The van der Waals surface area contributed by atoms with Crippen LogP contribution in [0.5, 0.6) is 0 Å². The first-order valence-corrected chi connectivity index (χ1v) is 24.5. The number of nitrogens with zero attached hydrogens (tertiary/aromatic N) is 1. The van der Waals surface area contributed by atoms with Gasteiger partial charge in [-0.2, -0.15) is 0 Å². The summed E-state index contributed by atoms with van der Waals surface area (Å²) >= 11 is 0. The second-order valence-corrected chi connectivity index (χ2v) is 17.0. The molecular formula is C50H101NO6. The summed E-state index contributed by atoms with van der Waals surface area (Å²) in [6.07, 6.45) is 40.3. The molecule has 0 spiro atoms. The van der Waals surface area contributed by atoms with Gasteiger partial charge in [-0.05, 0) is 64.5 Å². The number of hydrogen-bond donors (Lipinski definition) is 0. The molecule has 0 amide bonds. The van der Waals surface area contributed by atoms with Gasteiger partial charge >= 0.3 is 5.97 Å². The number of likely N-dealkylation sites (N-methyl/N-ethyl adjacent to an activating group) is 1. The minimum atomic E-state index is 0.0130. The van der Waals surface area contributed by atoms with Crippen molar-refractivity contribution >= 4 is 18.5 Å². The molecular weight excluding hydrogens is 711 g/mol. The highest BCUT2D eigenvalue weighted by molar-refractivity contribution is 5.69. The van der Waals surface area contributed by atoms with E-state index in [4.69, 9.17) is 14.2 Å². The van der Waals surface area contributed by atoms with Gasteiger partial charge in [-0.25, -0.2) is 0 Å². The van der Waals surface area contributed by atoms with Gasteiger partial charge in [-0.3, -0.25) is 4.79 Å². The molecule has 7 heteroatoms. The van der Waals surface area contributed by atoms with Gasteiger partial charge in [0.1, 0.15) is 12.6 Å². The number of carbonyl (C=O) groups is 3. The molecule has 0 radical (unpaired) electrons. The summed E-state index contributed by atoms with van der Waals surface area (Å²) in [7, 11) is 7.53. The second kappa shape index (κ2) is 52.7. The van der Waals surface area contributed by atoms with Crippen LogP contribution in [0.3, 0.4) is 0 Å². The third-order valence-electron chi connectivity index (χ3n) is 11.1. The minimum Gasteiger partial charge on any atom is -0.466 e. The molecule has 0 aromatic rings. The number of methoxy groups -OCH3 is 2. The fraction of sp³-hybridized carbons (Fsp3) is 0.940. The molecule has 0 bridgehead atoms. The van der Waals surface area contributed by atoms with E-state index in [9.17, 15) is 14.4 Å². The van der Waals surface area contributed by atoms with Crippen LogP contribution in [0.2, 0.25) is 0 Å². The van der Waals surface area contributed by atoms with E-state index in [1.807, 2.05) is 14.1 Å². The fourth-order valence-corrected chi connectivity index (χ4v) is 7.21. The summed E-state index contributed by atoms with van der Waals surface area (Å²) < 4.78 is 15.4. The maximum atomic E-state index is 12.3. The van der Waals surface area contributed by atoms with Gasteiger partial charge < -0.3 is 28.7 Å². The Bertz CT molecular complexity index is 758. The predicted octanol–water partition coefficient (Wildman–Crippen LogP) is 14.2. The van der Waals surface area contributed by atoms with Crippen molar-refractivity contribution < 1.29 is 28.6 Å². The molecule has 0 rings (SSSR count). The molecule has 0 saturated heterocycles. The summed E-state index contributed by atoms with van der Waals surface area (Å²) in [6.45, 7) is 12.2. The van der Waals surface area contributed by atoms with Crippen molar-refractivity contribution in [2.45, 2.75) is 233 Å². The Balaban J connectivity index is -0.00000113. The van der Waals surface area contributed by atoms with Gasteiger partial charge in [0.15, 0.2) is 0 Å². The van der Waals surface area contributed by atoms with E-state index in [0.29, 0.717) is 24.9 Å². The molecule has 0 fully saturated rings. The van der Waals surface area contributed by atoms with E-state index in [2.05, 4.69) is 32.6 Å². The Morgan fingerprint density at radius 2 is 0.877 bits per heavy atom. The van der Waals surface area contributed by atoms with Gasteiger partial charge in [0.05, 0.1) is 13.2 Å². The van der Waals surface area contributed by atoms with Crippen LogP contribution in [-0.2, 0) is 28.6 Å². The van der Waals surface area contributed by atoms with E-state index in [0.717, 1.165) is 71.0 Å². The monoisotopic (exact) mass is 812 g/mol. The first-order valence-electron chi connectivity index (χ1n) is 24.5. The highest BCUT2D eigenvalue weighted by atomic mass is 16.5. The molecule has 0 N–H and O–H groups in total. The summed E-state index contributed by atoms with van der Waals surface area (Å²) in [5.74, 6) is 1.45. The van der Waals surface area contributed by atoms with Crippen LogP contribution >= 0.6 is 0 Å². The molecule has 0 aliphatic heterocycles. The molecule has 0 saturated carbocycles. The highest BCUT2D eigenvalue weighted by Gasteiger charge is 2.15. The van der Waals surface area contributed by atoms with E-state index < -0.39 is 0 Å². The van der Waals surface area contributed by atoms with Gasteiger partial charge in [-0.1, -0.05) is 182 Å². The van der Waals surface area contributed by atoms with Gasteiger partial charge in [0.25, 0.3) is 0 Å². The molecule has 0 aromatic heterocycles. The summed E-state index contributed by atoms with van der Waals surface area (Å²) in [6, 6.07) is 0. The number of aldehydes is 2.